The molecule has 4 aromatic rings. The number of carbonyl (C=O) groups is 3. The van der Waals surface area contributed by atoms with E-state index < -0.39 is 28.7 Å². The van der Waals surface area contributed by atoms with Crippen molar-refractivity contribution < 1.29 is 34.0 Å². The van der Waals surface area contributed by atoms with Crippen molar-refractivity contribution in [2.75, 3.05) is 0 Å². The first-order valence-corrected chi connectivity index (χ1v) is 11.9. The van der Waals surface area contributed by atoms with E-state index in [2.05, 4.69) is 20.7 Å². The van der Waals surface area contributed by atoms with E-state index in [4.69, 9.17) is 0 Å². The smallest absolute Gasteiger partial charge is 0.380 e. The van der Waals surface area contributed by atoms with Crippen LogP contribution in [0.2, 0.25) is 0 Å². The van der Waals surface area contributed by atoms with Gasteiger partial charge in [0.15, 0.2) is 0 Å². The van der Waals surface area contributed by atoms with Crippen molar-refractivity contribution in [1.29, 1.82) is 0 Å². The van der Waals surface area contributed by atoms with Crippen molar-refractivity contribution in [1.82, 2.24) is 25.2 Å². The maximum absolute atomic E-state index is 13.6. The van der Waals surface area contributed by atoms with E-state index in [-0.39, 0.29) is 40.6 Å². The topological polar surface area (TPSA) is 166 Å². The number of benzene rings is 2. The molecule has 1 aliphatic rings. The number of rotatable bonds is 7. The average molecular weight is 533 g/mol. The minimum Gasteiger partial charge on any atom is -0.478 e. The van der Waals surface area contributed by atoms with Gasteiger partial charge >= 0.3 is 11.7 Å². The number of nitrogens with one attached hydrogen (secondary N) is 2. The van der Waals surface area contributed by atoms with Gasteiger partial charge in [0.1, 0.15) is 23.4 Å². The molecule has 2 heterocycles. The van der Waals surface area contributed by atoms with Gasteiger partial charge < -0.3 is 15.7 Å². The summed E-state index contributed by atoms with van der Waals surface area (Å²) < 4.78 is 14.6. The fourth-order valence-electron chi connectivity index (χ4n) is 4.59. The van der Waals surface area contributed by atoms with Gasteiger partial charge in [0, 0.05) is 12.6 Å². The second-order valence-electron chi connectivity index (χ2n) is 9.11. The van der Waals surface area contributed by atoms with Crippen molar-refractivity contribution in [3.63, 3.8) is 0 Å². The third kappa shape index (κ3) is 4.89. The van der Waals surface area contributed by atoms with Crippen molar-refractivity contribution in [3.05, 3.63) is 98.6 Å². The molecule has 5 rings (SSSR count). The number of nitrogens with zero attached hydrogens (tertiary/aromatic N) is 4. The summed E-state index contributed by atoms with van der Waals surface area (Å²) in [6.07, 6.45) is 2.09. The standard InChI is InChI=1S/C26H21FN6O6/c1-13-8-14(2-6-18(13)27)11-28-24(34)20-10-21(32-23(30-20)22(12-29-32)33(38)39)25(35)31-19-7-4-15-9-16(26(36)37)3-5-17(15)19/h2-3,5-6,8-10,12,19H,4,7,11H2,1H3,(H3-,28,31,34,35,36,37,38,39)/p+1/t19-/m0/s1. The molecule has 39 heavy (non-hydrogen) atoms. The summed E-state index contributed by atoms with van der Waals surface area (Å²) in [7, 11) is 0. The van der Waals surface area contributed by atoms with Crippen molar-refractivity contribution in [2.45, 2.75) is 32.4 Å². The predicted octanol–water partition coefficient (Wildman–Crippen LogP) is 3.02. The van der Waals surface area contributed by atoms with Crippen LogP contribution in [0.25, 0.3) is 5.65 Å². The zero-order chi connectivity index (χ0) is 27.8. The van der Waals surface area contributed by atoms with Crippen LogP contribution in [0.1, 0.15) is 66.1 Å². The zero-order valence-electron chi connectivity index (χ0n) is 20.5. The molecular weight excluding hydrogens is 511 g/mol. The van der Waals surface area contributed by atoms with E-state index in [1.807, 2.05) is 0 Å². The van der Waals surface area contributed by atoms with Gasteiger partial charge in [-0.25, -0.2) is 23.9 Å². The number of aromatic carboxylic acids is 1. The highest BCUT2D eigenvalue weighted by atomic mass is 19.1. The van der Waals surface area contributed by atoms with Crippen LogP contribution >= 0.6 is 0 Å². The molecule has 2 aromatic carbocycles. The SMILES string of the molecule is Cc1cc(CNC(=O)c2cc(C(=O)N[C@H]3CCc4cc(C(=O)O)ccc43)n3ncc([N+](=O)O)c3n2)ccc1F. The normalized spacial score (nSPS) is 14.2. The zero-order valence-corrected chi connectivity index (χ0v) is 20.5. The fourth-order valence-corrected chi connectivity index (χ4v) is 4.59. The first kappa shape index (κ1) is 25.4. The van der Waals surface area contributed by atoms with E-state index in [1.165, 1.54) is 24.3 Å². The lowest BCUT2D eigenvalue weighted by atomic mass is 10.0. The molecule has 0 saturated carbocycles. The van der Waals surface area contributed by atoms with Gasteiger partial charge in [0.2, 0.25) is 5.65 Å². The van der Waals surface area contributed by atoms with Crippen LogP contribution in [0, 0.1) is 17.6 Å². The average Bonchev–Trinajstić information content (AvgIpc) is 3.52. The van der Waals surface area contributed by atoms with E-state index >= 15 is 0 Å². The largest absolute Gasteiger partial charge is 0.478 e. The van der Waals surface area contributed by atoms with E-state index in [9.17, 15) is 34.0 Å². The molecule has 1 aliphatic carbocycles. The van der Waals surface area contributed by atoms with Crippen LogP contribution in [0.3, 0.4) is 0 Å². The Labute approximate surface area is 219 Å². The summed E-state index contributed by atoms with van der Waals surface area (Å²) in [5.41, 5.74) is 1.85. The number of aromatic nitrogens is 3. The number of carboxylic acid groups (broad SMARTS) is 1. The fraction of sp³-hybridized carbons (Fsp3) is 0.192. The number of carbonyl (C=O) groups excluding carboxylic acids is 2. The molecule has 4 N–H and O–H groups in total. The molecule has 2 aromatic heterocycles. The van der Waals surface area contributed by atoms with Crippen LogP contribution in [0.5, 0.6) is 0 Å². The van der Waals surface area contributed by atoms with Gasteiger partial charge in [-0.1, -0.05) is 18.2 Å². The Kier molecular flexibility index (Phi) is 6.48. The third-order valence-corrected chi connectivity index (χ3v) is 6.57. The first-order valence-electron chi connectivity index (χ1n) is 11.9. The lowest BCUT2D eigenvalue weighted by Gasteiger charge is -2.15. The molecule has 12 nitrogen and oxygen atoms in total. The summed E-state index contributed by atoms with van der Waals surface area (Å²) in [6, 6.07) is 9.86. The minimum absolute atomic E-state index is 0.0470. The van der Waals surface area contributed by atoms with Crippen LogP contribution in [-0.4, -0.2) is 47.6 Å². The number of halogens is 1. The van der Waals surface area contributed by atoms with E-state index in [0.29, 0.717) is 24.0 Å². The van der Waals surface area contributed by atoms with E-state index in [0.717, 1.165) is 21.8 Å². The summed E-state index contributed by atoms with van der Waals surface area (Å²) >= 11 is 0. The van der Waals surface area contributed by atoms with Gasteiger partial charge in [-0.05, 0) is 60.2 Å². The number of hydrogen-bond acceptors (Lipinski definition) is 6. The molecule has 0 saturated heterocycles. The summed E-state index contributed by atoms with van der Waals surface area (Å²) in [4.78, 5) is 53.0. The molecule has 0 fully saturated rings. The quantitative estimate of drug-likeness (QED) is 0.263. The van der Waals surface area contributed by atoms with Gasteiger partial charge in [-0.15, -0.1) is 0 Å². The Morgan fingerprint density at radius 2 is 1.95 bits per heavy atom. The maximum Gasteiger partial charge on any atom is 0.380 e. The molecule has 0 bridgehead atoms. The molecule has 2 amide bonds. The monoisotopic (exact) mass is 533 g/mol. The number of carboxylic acids is 1. The summed E-state index contributed by atoms with van der Waals surface area (Å²) in [5, 5.41) is 28.2. The summed E-state index contributed by atoms with van der Waals surface area (Å²) in [6.45, 7) is 1.64. The lowest BCUT2D eigenvalue weighted by molar-refractivity contribution is -0.728. The highest BCUT2D eigenvalue weighted by molar-refractivity contribution is 5.99. The molecule has 0 unspecified atom stereocenters. The molecule has 0 aliphatic heterocycles. The number of amides is 2. The second kappa shape index (κ2) is 9.93. The number of hydrogen-bond donors (Lipinski definition) is 4. The van der Waals surface area contributed by atoms with E-state index in [1.54, 1.807) is 25.1 Å². The minimum atomic E-state index is -1.05. The van der Waals surface area contributed by atoms with Crippen molar-refractivity contribution >= 4 is 29.1 Å². The Morgan fingerprint density at radius 3 is 2.67 bits per heavy atom. The van der Waals surface area contributed by atoms with Crippen LogP contribution in [0.15, 0.2) is 48.7 Å². The van der Waals surface area contributed by atoms with Gasteiger partial charge in [0.25, 0.3) is 16.7 Å². The van der Waals surface area contributed by atoms with Crippen molar-refractivity contribution in [2.24, 2.45) is 0 Å². The van der Waals surface area contributed by atoms with Crippen LogP contribution in [-0.2, 0) is 13.0 Å². The van der Waals surface area contributed by atoms with Crippen LogP contribution in [0.4, 0.5) is 10.1 Å². The lowest BCUT2D eigenvalue weighted by Crippen LogP contribution is -2.30. The second-order valence-corrected chi connectivity index (χ2v) is 9.11. The number of aryl methyl sites for hydroxylation is 2. The van der Waals surface area contributed by atoms with Crippen molar-refractivity contribution in [3.8, 4) is 0 Å². The molecule has 0 radical (unpaired) electrons. The Morgan fingerprint density at radius 1 is 1.15 bits per heavy atom. The highest BCUT2D eigenvalue weighted by Gasteiger charge is 2.30. The molecule has 13 heteroatoms. The first-order chi connectivity index (χ1) is 18.6. The predicted molar refractivity (Wildman–Crippen MR) is 132 cm³/mol. The highest BCUT2D eigenvalue weighted by Crippen LogP contribution is 2.32. The molecule has 0 spiro atoms. The Hall–Kier alpha value is -5.20. The molecule has 198 valence electrons. The summed E-state index contributed by atoms with van der Waals surface area (Å²) in [5.74, 6) is -2.73. The third-order valence-electron chi connectivity index (χ3n) is 6.57. The molecular formula is C26H22FN6O6+. The number of fused-ring (bicyclic) bond motifs is 2. The maximum atomic E-state index is 13.6. The van der Waals surface area contributed by atoms with Gasteiger partial charge in [0.05, 0.1) is 16.5 Å². The Bertz CT molecular complexity index is 1680. The van der Waals surface area contributed by atoms with Crippen LogP contribution < -0.4 is 10.6 Å². The Balaban J connectivity index is 1.44. The van der Waals surface area contributed by atoms with Gasteiger partial charge in [-0.2, -0.15) is 5.10 Å². The van der Waals surface area contributed by atoms with Gasteiger partial charge in [-0.3, -0.25) is 9.59 Å². The molecule has 1 atom stereocenters.